The molecule has 3 nitrogen and oxygen atoms in total. The fourth-order valence-electron chi connectivity index (χ4n) is 2.85. The summed E-state index contributed by atoms with van der Waals surface area (Å²) in [6.07, 6.45) is 3.62. The Morgan fingerprint density at radius 2 is 1.95 bits per heavy atom. The predicted molar refractivity (Wildman–Crippen MR) is 82.6 cm³/mol. The van der Waals surface area contributed by atoms with Crippen LogP contribution in [0.4, 0.5) is 4.39 Å². The average Bonchev–Trinajstić information content (AvgIpc) is 2.50. The molecule has 1 N–H and O–H groups in total. The zero-order valence-corrected chi connectivity index (χ0v) is 12.8. The third-order valence-corrected chi connectivity index (χ3v) is 4.05. The predicted octanol–water partition coefficient (Wildman–Crippen LogP) is 2.61. The Balaban J connectivity index is 1.92. The molecule has 21 heavy (non-hydrogen) atoms. The van der Waals surface area contributed by atoms with Crippen LogP contribution >= 0.6 is 0 Å². The van der Waals surface area contributed by atoms with Gasteiger partial charge in [0, 0.05) is 13.1 Å². The van der Waals surface area contributed by atoms with Crippen molar-refractivity contribution in [2.45, 2.75) is 32.6 Å². The summed E-state index contributed by atoms with van der Waals surface area (Å²) in [5, 5.41) is 3.36. The Labute approximate surface area is 126 Å². The Bertz CT molecular complexity index is 441. The number of nitrogens with zero attached hydrogens (tertiary/aromatic N) is 1. The van der Waals surface area contributed by atoms with Gasteiger partial charge in [-0.15, -0.1) is 0 Å². The molecule has 0 unspecified atom stereocenters. The van der Waals surface area contributed by atoms with Crippen LogP contribution in [0, 0.1) is 11.7 Å². The number of hydrogen-bond donors (Lipinski definition) is 1. The van der Waals surface area contributed by atoms with Gasteiger partial charge < -0.3 is 10.2 Å². The van der Waals surface area contributed by atoms with Gasteiger partial charge in [0.05, 0.1) is 6.42 Å². The normalized spacial score (nSPS) is 15.9. The quantitative estimate of drug-likeness (QED) is 0.874. The van der Waals surface area contributed by atoms with Crippen LogP contribution in [0.5, 0.6) is 0 Å². The minimum Gasteiger partial charge on any atom is -0.342 e. The summed E-state index contributed by atoms with van der Waals surface area (Å²) in [6.45, 7) is 5.87. The third kappa shape index (κ3) is 5.12. The first-order chi connectivity index (χ1) is 10.2. The second-order valence-electron chi connectivity index (χ2n) is 5.84. The van der Waals surface area contributed by atoms with E-state index in [2.05, 4.69) is 12.2 Å². The summed E-state index contributed by atoms with van der Waals surface area (Å²) in [5.41, 5.74) is 0.882. The standard InChI is InChI=1S/C17H25FN2O/c1-2-11-20(13-15-7-9-19-10-8-15)17(21)12-14-3-5-16(18)6-4-14/h3-6,15,19H,2,7-13H2,1H3. The van der Waals surface area contributed by atoms with Gasteiger partial charge in [-0.2, -0.15) is 0 Å². The maximum atomic E-state index is 12.9. The van der Waals surface area contributed by atoms with Gasteiger partial charge in [-0.1, -0.05) is 19.1 Å². The lowest BCUT2D eigenvalue weighted by Gasteiger charge is -2.30. The van der Waals surface area contributed by atoms with Gasteiger partial charge in [-0.05, 0) is 56.0 Å². The average molecular weight is 292 g/mol. The monoisotopic (exact) mass is 292 g/mol. The number of halogens is 1. The molecule has 4 heteroatoms. The summed E-state index contributed by atoms with van der Waals surface area (Å²) >= 11 is 0. The van der Waals surface area contributed by atoms with E-state index in [-0.39, 0.29) is 11.7 Å². The molecule has 116 valence electrons. The van der Waals surface area contributed by atoms with Gasteiger partial charge >= 0.3 is 0 Å². The van der Waals surface area contributed by atoms with Gasteiger partial charge in [0.25, 0.3) is 0 Å². The molecule has 1 amide bonds. The number of benzene rings is 1. The molecule has 0 aromatic heterocycles. The number of amides is 1. The summed E-state index contributed by atoms with van der Waals surface area (Å²) in [4.78, 5) is 14.5. The minimum atomic E-state index is -0.258. The number of carbonyl (C=O) groups is 1. The van der Waals surface area contributed by atoms with E-state index < -0.39 is 0 Å². The van der Waals surface area contributed by atoms with E-state index in [9.17, 15) is 9.18 Å². The maximum absolute atomic E-state index is 12.9. The Hall–Kier alpha value is -1.42. The first kappa shape index (κ1) is 16.0. The second-order valence-corrected chi connectivity index (χ2v) is 5.84. The highest BCUT2D eigenvalue weighted by Gasteiger charge is 2.20. The van der Waals surface area contributed by atoms with Crippen LogP contribution in [-0.2, 0) is 11.2 Å². The fourth-order valence-corrected chi connectivity index (χ4v) is 2.85. The molecular formula is C17H25FN2O. The molecule has 0 radical (unpaired) electrons. The van der Waals surface area contributed by atoms with Gasteiger partial charge in [0.15, 0.2) is 0 Å². The molecular weight excluding hydrogens is 267 g/mol. The van der Waals surface area contributed by atoms with Gasteiger partial charge in [0.1, 0.15) is 5.82 Å². The summed E-state index contributed by atoms with van der Waals surface area (Å²) in [7, 11) is 0. The van der Waals surface area contributed by atoms with Crippen molar-refractivity contribution in [2.75, 3.05) is 26.2 Å². The molecule has 2 rings (SSSR count). The van der Waals surface area contributed by atoms with E-state index in [1.165, 1.54) is 12.1 Å². The second kappa shape index (κ2) is 8.13. The SMILES string of the molecule is CCCN(CC1CCNCC1)C(=O)Cc1ccc(F)cc1. The number of piperidine rings is 1. The first-order valence-electron chi connectivity index (χ1n) is 7.92. The number of carbonyl (C=O) groups excluding carboxylic acids is 1. The van der Waals surface area contributed by atoms with E-state index in [1.807, 2.05) is 4.90 Å². The lowest BCUT2D eigenvalue weighted by atomic mass is 9.97. The Kier molecular flexibility index (Phi) is 6.18. The molecule has 1 heterocycles. The summed E-state index contributed by atoms with van der Waals surface area (Å²) in [5.74, 6) is 0.503. The number of hydrogen-bond acceptors (Lipinski definition) is 2. The first-order valence-corrected chi connectivity index (χ1v) is 7.92. The van der Waals surface area contributed by atoms with Gasteiger partial charge in [-0.25, -0.2) is 4.39 Å². The summed E-state index contributed by atoms with van der Waals surface area (Å²) in [6, 6.07) is 6.23. The zero-order valence-electron chi connectivity index (χ0n) is 12.8. The van der Waals surface area contributed by atoms with Crippen LogP contribution in [0.2, 0.25) is 0 Å². The molecule has 1 aromatic rings. The van der Waals surface area contributed by atoms with Crippen molar-refractivity contribution in [1.29, 1.82) is 0 Å². The lowest BCUT2D eigenvalue weighted by molar-refractivity contribution is -0.131. The highest BCUT2D eigenvalue weighted by atomic mass is 19.1. The van der Waals surface area contributed by atoms with E-state index in [0.717, 1.165) is 51.0 Å². The number of nitrogens with one attached hydrogen (secondary N) is 1. The molecule has 1 fully saturated rings. The molecule has 1 saturated heterocycles. The molecule has 0 saturated carbocycles. The topological polar surface area (TPSA) is 32.3 Å². The number of rotatable bonds is 6. The Morgan fingerprint density at radius 1 is 1.29 bits per heavy atom. The van der Waals surface area contributed by atoms with Crippen LogP contribution in [0.3, 0.4) is 0 Å². The lowest BCUT2D eigenvalue weighted by Crippen LogP contribution is -2.40. The van der Waals surface area contributed by atoms with E-state index >= 15 is 0 Å². The van der Waals surface area contributed by atoms with Crippen molar-refractivity contribution in [1.82, 2.24) is 10.2 Å². The molecule has 0 aliphatic carbocycles. The van der Waals surface area contributed by atoms with Gasteiger partial charge in [0.2, 0.25) is 5.91 Å². The van der Waals surface area contributed by atoms with Crippen molar-refractivity contribution < 1.29 is 9.18 Å². The molecule has 0 atom stereocenters. The minimum absolute atomic E-state index is 0.155. The largest absolute Gasteiger partial charge is 0.342 e. The Morgan fingerprint density at radius 3 is 2.57 bits per heavy atom. The van der Waals surface area contributed by atoms with Crippen molar-refractivity contribution in [3.05, 3.63) is 35.6 Å². The van der Waals surface area contributed by atoms with Crippen LogP contribution in [-0.4, -0.2) is 37.0 Å². The van der Waals surface area contributed by atoms with Crippen LogP contribution in [0.1, 0.15) is 31.7 Å². The van der Waals surface area contributed by atoms with Crippen molar-refractivity contribution in [2.24, 2.45) is 5.92 Å². The molecule has 1 aromatic carbocycles. The molecule has 0 spiro atoms. The van der Waals surface area contributed by atoms with Crippen molar-refractivity contribution in [3.63, 3.8) is 0 Å². The van der Waals surface area contributed by atoms with Gasteiger partial charge in [-0.3, -0.25) is 4.79 Å². The van der Waals surface area contributed by atoms with E-state index in [1.54, 1.807) is 12.1 Å². The van der Waals surface area contributed by atoms with Crippen LogP contribution < -0.4 is 5.32 Å². The van der Waals surface area contributed by atoms with Crippen molar-refractivity contribution in [3.8, 4) is 0 Å². The fraction of sp³-hybridized carbons (Fsp3) is 0.588. The zero-order chi connectivity index (χ0) is 15.1. The molecule has 1 aliphatic rings. The molecule has 0 bridgehead atoms. The highest BCUT2D eigenvalue weighted by molar-refractivity contribution is 5.78. The van der Waals surface area contributed by atoms with E-state index in [0.29, 0.717) is 12.3 Å². The third-order valence-electron chi connectivity index (χ3n) is 4.05. The van der Waals surface area contributed by atoms with Crippen molar-refractivity contribution >= 4 is 5.91 Å². The van der Waals surface area contributed by atoms with Crippen LogP contribution in [0.25, 0.3) is 0 Å². The van der Waals surface area contributed by atoms with E-state index in [4.69, 9.17) is 0 Å². The summed E-state index contributed by atoms with van der Waals surface area (Å²) < 4.78 is 12.9. The smallest absolute Gasteiger partial charge is 0.226 e. The maximum Gasteiger partial charge on any atom is 0.226 e. The highest BCUT2D eigenvalue weighted by Crippen LogP contribution is 2.15. The molecule has 1 aliphatic heterocycles. The van der Waals surface area contributed by atoms with Crippen LogP contribution in [0.15, 0.2) is 24.3 Å².